The second-order valence-electron chi connectivity index (χ2n) is 7.09. The van der Waals surface area contributed by atoms with Crippen LogP contribution in [0.4, 0.5) is 10.1 Å². The number of carbonyl (C=O) groups is 2. The van der Waals surface area contributed by atoms with Crippen molar-refractivity contribution in [3.8, 4) is 5.75 Å². The summed E-state index contributed by atoms with van der Waals surface area (Å²) in [5.74, 6) is -1.57. The predicted molar refractivity (Wildman–Crippen MR) is 112 cm³/mol. The van der Waals surface area contributed by atoms with Gasteiger partial charge in [0.25, 0.3) is 5.91 Å². The second kappa shape index (κ2) is 9.34. The number of likely N-dealkylation sites (N-methyl/N-ethyl adjacent to an activating group) is 1. The van der Waals surface area contributed by atoms with Crippen molar-refractivity contribution in [2.75, 3.05) is 37.4 Å². The highest BCUT2D eigenvalue weighted by atomic mass is 32.2. The first-order valence-corrected chi connectivity index (χ1v) is 11.2. The van der Waals surface area contributed by atoms with Crippen molar-refractivity contribution in [2.45, 2.75) is 13.0 Å². The Labute approximate surface area is 180 Å². The van der Waals surface area contributed by atoms with Crippen LogP contribution in [0.15, 0.2) is 42.5 Å². The van der Waals surface area contributed by atoms with Crippen LogP contribution in [0.1, 0.15) is 22.3 Å². The minimum atomic E-state index is -3.37. The van der Waals surface area contributed by atoms with Crippen molar-refractivity contribution in [2.24, 2.45) is 0 Å². The number of amides is 1. The molecule has 1 saturated heterocycles. The molecule has 166 valence electrons. The van der Waals surface area contributed by atoms with Crippen LogP contribution >= 0.6 is 0 Å². The van der Waals surface area contributed by atoms with E-state index in [0.29, 0.717) is 24.2 Å². The Morgan fingerprint density at radius 2 is 1.97 bits per heavy atom. The highest BCUT2D eigenvalue weighted by molar-refractivity contribution is 7.93. The molecule has 0 bridgehead atoms. The van der Waals surface area contributed by atoms with Crippen LogP contribution in [-0.4, -0.2) is 58.3 Å². The van der Waals surface area contributed by atoms with Gasteiger partial charge in [-0.25, -0.2) is 17.6 Å². The molecule has 0 N–H and O–H groups in total. The number of esters is 1. The summed E-state index contributed by atoms with van der Waals surface area (Å²) >= 11 is 0. The van der Waals surface area contributed by atoms with Crippen LogP contribution in [0.3, 0.4) is 0 Å². The maximum atomic E-state index is 13.8. The van der Waals surface area contributed by atoms with E-state index in [1.54, 1.807) is 18.2 Å². The number of nitrogens with zero attached hydrogens (tertiary/aromatic N) is 2. The van der Waals surface area contributed by atoms with Crippen molar-refractivity contribution in [3.05, 3.63) is 59.4 Å². The zero-order chi connectivity index (χ0) is 22.6. The summed E-state index contributed by atoms with van der Waals surface area (Å²) in [6, 6.07) is 10.5. The summed E-state index contributed by atoms with van der Waals surface area (Å²) in [4.78, 5) is 26.0. The first-order chi connectivity index (χ1) is 14.7. The molecular weight excluding hydrogens is 427 g/mol. The fourth-order valence-electron chi connectivity index (χ4n) is 3.21. The lowest BCUT2D eigenvalue weighted by Gasteiger charge is -2.18. The molecule has 0 aromatic heterocycles. The number of methoxy groups -OCH3 is 1. The molecule has 10 heteroatoms. The lowest BCUT2D eigenvalue weighted by Crippen LogP contribution is -2.31. The van der Waals surface area contributed by atoms with E-state index in [2.05, 4.69) is 0 Å². The van der Waals surface area contributed by atoms with Gasteiger partial charge in [0.15, 0.2) is 18.2 Å². The third kappa shape index (κ3) is 5.32. The van der Waals surface area contributed by atoms with Gasteiger partial charge in [0, 0.05) is 20.1 Å². The van der Waals surface area contributed by atoms with E-state index in [4.69, 9.17) is 9.47 Å². The molecular formula is C21H23FN2O6S. The molecule has 0 radical (unpaired) electrons. The molecule has 3 rings (SSSR count). The number of sulfonamides is 1. The minimum absolute atomic E-state index is 0.0700. The Hall–Kier alpha value is -3.14. The third-order valence-electron chi connectivity index (χ3n) is 4.86. The Bertz CT molecular complexity index is 1090. The zero-order valence-corrected chi connectivity index (χ0v) is 18.0. The Balaban J connectivity index is 1.58. The summed E-state index contributed by atoms with van der Waals surface area (Å²) in [5, 5.41) is 0. The molecule has 0 atom stereocenters. The SMILES string of the molecule is COc1ccc(CN(C)C(=O)COC(=O)c2cccc(N3CCCS3(=O)=O)c2)cc1F. The van der Waals surface area contributed by atoms with Gasteiger partial charge >= 0.3 is 5.97 Å². The summed E-state index contributed by atoms with van der Waals surface area (Å²) < 4.78 is 49.1. The van der Waals surface area contributed by atoms with E-state index in [-0.39, 0.29) is 23.6 Å². The van der Waals surface area contributed by atoms with Gasteiger partial charge in [-0.15, -0.1) is 0 Å². The first-order valence-electron chi connectivity index (χ1n) is 9.55. The van der Waals surface area contributed by atoms with E-state index in [1.807, 2.05) is 0 Å². The fourth-order valence-corrected chi connectivity index (χ4v) is 4.76. The second-order valence-corrected chi connectivity index (χ2v) is 9.10. The molecule has 2 aromatic carbocycles. The Morgan fingerprint density at radius 1 is 1.19 bits per heavy atom. The van der Waals surface area contributed by atoms with E-state index in [1.165, 1.54) is 47.6 Å². The quantitative estimate of drug-likeness (QED) is 0.601. The van der Waals surface area contributed by atoms with Crippen LogP contribution in [0.5, 0.6) is 5.75 Å². The van der Waals surface area contributed by atoms with Gasteiger partial charge < -0.3 is 14.4 Å². The monoisotopic (exact) mass is 450 g/mol. The molecule has 31 heavy (non-hydrogen) atoms. The summed E-state index contributed by atoms with van der Waals surface area (Å²) in [5.41, 5.74) is 1.09. The minimum Gasteiger partial charge on any atom is -0.494 e. The van der Waals surface area contributed by atoms with Gasteiger partial charge in [-0.3, -0.25) is 9.10 Å². The van der Waals surface area contributed by atoms with Crippen molar-refractivity contribution in [1.29, 1.82) is 0 Å². The number of hydrogen-bond donors (Lipinski definition) is 0. The van der Waals surface area contributed by atoms with Crippen molar-refractivity contribution in [1.82, 2.24) is 4.90 Å². The third-order valence-corrected chi connectivity index (χ3v) is 6.73. The van der Waals surface area contributed by atoms with Gasteiger partial charge in [-0.1, -0.05) is 12.1 Å². The summed E-state index contributed by atoms with van der Waals surface area (Å²) in [6.07, 6.45) is 0.524. The summed E-state index contributed by atoms with van der Waals surface area (Å²) in [6.45, 7) is -0.0180. The highest BCUT2D eigenvalue weighted by Crippen LogP contribution is 2.25. The molecule has 1 fully saturated rings. The van der Waals surface area contributed by atoms with E-state index in [0.717, 1.165) is 0 Å². The van der Waals surface area contributed by atoms with Gasteiger partial charge in [0.05, 0.1) is 24.1 Å². The topological polar surface area (TPSA) is 93.2 Å². The van der Waals surface area contributed by atoms with Crippen LogP contribution in [0.25, 0.3) is 0 Å². The van der Waals surface area contributed by atoms with E-state index >= 15 is 0 Å². The standard InChI is InChI=1S/C21H23FN2O6S/c1-23(13-15-7-8-19(29-2)18(22)11-15)20(25)14-30-21(26)16-5-3-6-17(12-16)24-9-4-10-31(24,27)28/h3,5-8,11-12H,4,9-10,13-14H2,1-2H3. The lowest BCUT2D eigenvalue weighted by atomic mass is 10.2. The predicted octanol–water partition coefficient (Wildman–Crippen LogP) is 2.19. The van der Waals surface area contributed by atoms with Crippen molar-refractivity contribution in [3.63, 3.8) is 0 Å². The Morgan fingerprint density at radius 3 is 2.61 bits per heavy atom. The molecule has 2 aromatic rings. The molecule has 1 heterocycles. The summed E-state index contributed by atoms with van der Waals surface area (Å²) in [7, 11) is -0.497. The molecule has 8 nitrogen and oxygen atoms in total. The van der Waals surface area contributed by atoms with Crippen LogP contribution in [0, 0.1) is 5.82 Å². The molecule has 0 aliphatic carbocycles. The van der Waals surface area contributed by atoms with Crippen LogP contribution in [-0.2, 0) is 26.1 Å². The number of rotatable bonds is 7. The number of halogens is 1. The smallest absolute Gasteiger partial charge is 0.338 e. The molecule has 0 unspecified atom stereocenters. The van der Waals surface area contributed by atoms with Crippen molar-refractivity contribution < 1.29 is 31.9 Å². The average Bonchev–Trinajstić information content (AvgIpc) is 3.10. The molecule has 0 saturated carbocycles. The maximum Gasteiger partial charge on any atom is 0.338 e. The zero-order valence-electron chi connectivity index (χ0n) is 17.2. The number of benzene rings is 2. The van der Waals surface area contributed by atoms with Crippen molar-refractivity contribution >= 4 is 27.6 Å². The number of ether oxygens (including phenoxy) is 2. The number of carbonyl (C=O) groups excluding carboxylic acids is 2. The highest BCUT2D eigenvalue weighted by Gasteiger charge is 2.28. The van der Waals surface area contributed by atoms with Gasteiger partial charge in [0.1, 0.15) is 0 Å². The van der Waals surface area contributed by atoms with Gasteiger partial charge in [-0.05, 0) is 42.3 Å². The largest absolute Gasteiger partial charge is 0.494 e. The van der Waals surface area contributed by atoms with E-state index < -0.39 is 34.3 Å². The molecule has 1 amide bonds. The Kier molecular flexibility index (Phi) is 6.79. The maximum absolute atomic E-state index is 13.8. The lowest BCUT2D eigenvalue weighted by molar-refractivity contribution is -0.133. The normalized spacial score (nSPS) is 14.9. The molecule has 1 aliphatic rings. The number of hydrogen-bond acceptors (Lipinski definition) is 6. The van der Waals surface area contributed by atoms with E-state index in [9.17, 15) is 22.4 Å². The molecule has 0 spiro atoms. The van der Waals surface area contributed by atoms with Crippen LogP contribution < -0.4 is 9.04 Å². The van der Waals surface area contributed by atoms with Gasteiger partial charge in [-0.2, -0.15) is 0 Å². The first kappa shape index (κ1) is 22.5. The number of anilines is 1. The van der Waals surface area contributed by atoms with Gasteiger partial charge in [0.2, 0.25) is 10.0 Å². The van der Waals surface area contributed by atoms with Crippen LogP contribution in [0.2, 0.25) is 0 Å². The average molecular weight is 450 g/mol. The molecule has 1 aliphatic heterocycles. The fraction of sp³-hybridized carbons (Fsp3) is 0.333.